The molecule has 2 aromatic heterocycles. The second kappa shape index (κ2) is 6.15. The molecule has 0 aliphatic heterocycles. The van der Waals surface area contributed by atoms with Crippen molar-refractivity contribution >= 4 is 16.9 Å². The fourth-order valence-corrected chi connectivity index (χ4v) is 2.63. The lowest BCUT2D eigenvalue weighted by Gasteiger charge is -2.16. The van der Waals surface area contributed by atoms with Gasteiger partial charge in [0.15, 0.2) is 0 Å². The van der Waals surface area contributed by atoms with Gasteiger partial charge in [0.25, 0.3) is 0 Å². The van der Waals surface area contributed by atoms with Crippen molar-refractivity contribution < 1.29 is 0 Å². The van der Waals surface area contributed by atoms with Crippen LogP contribution in [0, 0.1) is 0 Å². The lowest BCUT2D eigenvalue weighted by atomic mass is 10.2. The molecule has 0 saturated heterocycles. The molecular formula is C17H21N5. The van der Waals surface area contributed by atoms with E-state index in [1.165, 1.54) is 5.56 Å². The first-order valence-corrected chi connectivity index (χ1v) is 7.39. The summed E-state index contributed by atoms with van der Waals surface area (Å²) in [6.07, 6.45) is 1.82. The van der Waals surface area contributed by atoms with E-state index in [0.29, 0.717) is 0 Å². The van der Waals surface area contributed by atoms with Crippen LogP contribution in [0.1, 0.15) is 11.4 Å². The van der Waals surface area contributed by atoms with Gasteiger partial charge in [-0.1, -0.05) is 18.2 Å². The van der Waals surface area contributed by atoms with Gasteiger partial charge in [0.2, 0.25) is 0 Å². The smallest absolute Gasteiger partial charge is 0.132 e. The Hall–Kier alpha value is -2.40. The van der Waals surface area contributed by atoms with Gasteiger partial charge in [-0.05, 0) is 18.2 Å². The number of para-hydroxylation sites is 2. The van der Waals surface area contributed by atoms with Crippen LogP contribution >= 0.6 is 0 Å². The second-order valence-corrected chi connectivity index (χ2v) is 5.56. The zero-order valence-corrected chi connectivity index (χ0v) is 13.2. The minimum absolute atomic E-state index is 0.729. The third-order valence-electron chi connectivity index (χ3n) is 3.77. The summed E-state index contributed by atoms with van der Waals surface area (Å²) in [4.78, 5) is 11.1. The molecule has 0 bridgehead atoms. The standard InChI is InChI=1S/C17H21N5/c1-21(2)17-13(7-6-10-19-17)11-18-12-16-20-14-8-4-5-9-15(14)22(16)3/h4-10,18H,11-12H2,1-3H3. The molecule has 1 N–H and O–H groups in total. The molecule has 0 aliphatic carbocycles. The maximum atomic E-state index is 4.68. The largest absolute Gasteiger partial charge is 0.362 e. The van der Waals surface area contributed by atoms with Crippen LogP contribution in [0.2, 0.25) is 0 Å². The molecule has 5 heteroatoms. The van der Waals surface area contributed by atoms with Crippen LogP contribution in [-0.2, 0) is 20.1 Å². The Morgan fingerprint density at radius 2 is 1.91 bits per heavy atom. The molecule has 3 aromatic rings. The van der Waals surface area contributed by atoms with Crippen LogP contribution in [0.25, 0.3) is 11.0 Å². The molecule has 0 atom stereocenters. The lowest BCUT2D eigenvalue weighted by Crippen LogP contribution is -2.19. The third-order valence-corrected chi connectivity index (χ3v) is 3.77. The Balaban J connectivity index is 1.71. The van der Waals surface area contributed by atoms with Gasteiger partial charge in [0.05, 0.1) is 17.6 Å². The fraction of sp³-hybridized carbons (Fsp3) is 0.294. The molecule has 0 amide bonds. The molecule has 5 nitrogen and oxygen atoms in total. The van der Waals surface area contributed by atoms with Gasteiger partial charge in [-0.3, -0.25) is 0 Å². The SMILES string of the molecule is CN(C)c1ncccc1CNCc1nc2ccccc2n1C. The monoisotopic (exact) mass is 295 g/mol. The van der Waals surface area contributed by atoms with Crippen LogP contribution in [-0.4, -0.2) is 28.6 Å². The number of hydrogen-bond acceptors (Lipinski definition) is 4. The molecule has 0 saturated carbocycles. The lowest BCUT2D eigenvalue weighted by molar-refractivity contribution is 0.642. The van der Waals surface area contributed by atoms with Crippen LogP contribution in [0.3, 0.4) is 0 Å². The minimum Gasteiger partial charge on any atom is -0.362 e. The molecule has 114 valence electrons. The maximum Gasteiger partial charge on any atom is 0.132 e. The average molecular weight is 295 g/mol. The van der Waals surface area contributed by atoms with Crippen LogP contribution in [0.15, 0.2) is 42.6 Å². The molecule has 22 heavy (non-hydrogen) atoms. The Morgan fingerprint density at radius 1 is 1.09 bits per heavy atom. The number of rotatable bonds is 5. The summed E-state index contributed by atoms with van der Waals surface area (Å²) in [6, 6.07) is 12.3. The third kappa shape index (κ3) is 2.80. The number of benzene rings is 1. The number of imidazole rings is 1. The van der Waals surface area contributed by atoms with Crippen LogP contribution in [0.5, 0.6) is 0 Å². The first-order chi connectivity index (χ1) is 10.7. The molecule has 3 rings (SSSR count). The number of nitrogens with zero attached hydrogens (tertiary/aromatic N) is 4. The molecule has 0 fully saturated rings. The Kier molecular flexibility index (Phi) is 4.06. The van der Waals surface area contributed by atoms with Crippen molar-refractivity contribution in [3.05, 3.63) is 54.0 Å². The summed E-state index contributed by atoms with van der Waals surface area (Å²) in [7, 11) is 6.08. The van der Waals surface area contributed by atoms with Gasteiger partial charge in [-0.25, -0.2) is 9.97 Å². The van der Waals surface area contributed by atoms with Gasteiger partial charge in [-0.2, -0.15) is 0 Å². The van der Waals surface area contributed by atoms with E-state index in [4.69, 9.17) is 0 Å². The Morgan fingerprint density at radius 3 is 2.68 bits per heavy atom. The molecule has 0 unspecified atom stereocenters. The van der Waals surface area contributed by atoms with Gasteiger partial charge >= 0.3 is 0 Å². The summed E-state index contributed by atoms with van der Waals surface area (Å²) < 4.78 is 2.14. The van der Waals surface area contributed by atoms with Crippen molar-refractivity contribution in [3.63, 3.8) is 0 Å². The minimum atomic E-state index is 0.729. The summed E-state index contributed by atoms with van der Waals surface area (Å²) >= 11 is 0. The quantitative estimate of drug-likeness (QED) is 0.785. The highest BCUT2D eigenvalue weighted by Crippen LogP contribution is 2.16. The number of hydrogen-bond donors (Lipinski definition) is 1. The molecule has 0 spiro atoms. The Labute approximate surface area is 130 Å². The van der Waals surface area contributed by atoms with Gasteiger partial charge in [0.1, 0.15) is 11.6 Å². The highest BCUT2D eigenvalue weighted by atomic mass is 15.1. The molecule has 0 aliphatic rings. The highest BCUT2D eigenvalue weighted by Gasteiger charge is 2.08. The van der Waals surface area contributed by atoms with Crippen molar-refractivity contribution in [2.45, 2.75) is 13.1 Å². The number of aryl methyl sites for hydroxylation is 1. The number of pyridine rings is 1. The van der Waals surface area contributed by atoms with E-state index in [9.17, 15) is 0 Å². The number of fused-ring (bicyclic) bond motifs is 1. The Bertz CT molecular complexity index is 776. The van der Waals surface area contributed by atoms with Crippen molar-refractivity contribution in [1.82, 2.24) is 19.9 Å². The summed E-state index contributed by atoms with van der Waals surface area (Å²) in [6.45, 7) is 1.50. The van der Waals surface area contributed by atoms with E-state index in [-0.39, 0.29) is 0 Å². The zero-order chi connectivity index (χ0) is 15.5. The molecule has 2 heterocycles. The molecule has 1 aromatic carbocycles. The molecular weight excluding hydrogens is 274 g/mol. The first kappa shape index (κ1) is 14.5. The van der Waals surface area contributed by atoms with Gasteiger partial charge in [-0.15, -0.1) is 0 Å². The van der Waals surface area contributed by atoms with Gasteiger partial charge in [0, 0.05) is 39.4 Å². The summed E-state index contributed by atoms with van der Waals surface area (Å²) in [5.41, 5.74) is 3.39. The van der Waals surface area contributed by atoms with E-state index in [1.807, 2.05) is 49.5 Å². The normalized spacial score (nSPS) is 11.0. The maximum absolute atomic E-state index is 4.68. The van der Waals surface area contributed by atoms with Crippen molar-refractivity contribution in [2.24, 2.45) is 7.05 Å². The highest BCUT2D eigenvalue weighted by molar-refractivity contribution is 5.75. The fourth-order valence-electron chi connectivity index (χ4n) is 2.63. The van der Waals surface area contributed by atoms with Crippen molar-refractivity contribution in [1.29, 1.82) is 0 Å². The number of anilines is 1. The van der Waals surface area contributed by atoms with E-state index in [0.717, 1.165) is 35.8 Å². The zero-order valence-electron chi connectivity index (χ0n) is 13.2. The van der Waals surface area contributed by atoms with E-state index in [2.05, 4.69) is 39.0 Å². The number of nitrogens with one attached hydrogen (secondary N) is 1. The topological polar surface area (TPSA) is 46.0 Å². The second-order valence-electron chi connectivity index (χ2n) is 5.56. The predicted molar refractivity (Wildman–Crippen MR) is 89.8 cm³/mol. The summed E-state index contributed by atoms with van der Waals surface area (Å²) in [5, 5.41) is 3.47. The van der Waals surface area contributed by atoms with Crippen LogP contribution in [0.4, 0.5) is 5.82 Å². The molecule has 0 radical (unpaired) electrons. The van der Waals surface area contributed by atoms with E-state index < -0.39 is 0 Å². The van der Waals surface area contributed by atoms with E-state index in [1.54, 1.807) is 0 Å². The predicted octanol–water partition coefficient (Wildman–Crippen LogP) is 2.32. The van der Waals surface area contributed by atoms with E-state index >= 15 is 0 Å². The average Bonchev–Trinajstić information content (AvgIpc) is 2.85. The first-order valence-electron chi connectivity index (χ1n) is 7.39. The van der Waals surface area contributed by atoms with Crippen LogP contribution < -0.4 is 10.2 Å². The van der Waals surface area contributed by atoms with Gasteiger partial charge < -0.3 is 14.8 Å². The number of aromatic nitrogens is 3. The van der Waals surface area contributed by atoms with Crippen molar-refractivity contribution in [2.75, 3.05) is 19.0 Å². The van der Waals surface area contributed by atoms with Crippen molar-refractivity contribution in [3.8, 4) is 0 Å². The summed E-state index contributed by atoms with van der Waals surface area (Å²) in [5.74, 6) is 2.04.